The summed E-state index contributed by atoms with van der Waals surface area (Å²) in [6, 6.07) is 0. The van der Waals surface area contributed by atoms with Crippen LogP contribution in [0, 0.1) is 5.92 Å². The second kappa shape index (κ2) is 3.82. The summed E-state index contributed by atoms with van der Waals surface area (Å²) >= 11 is 12.1. The van der Waals surface area contributed by atoms with Gasteiger partial charge in [-0.15, -0.1) is 23.2 Å². The standard InChI is InChI=1S/C8H16Cl2/c1-5-6(2)7(9)8(3,4)10/h6-7H,5H2,1-4H3. The molecular weight excluding hydrogens is 167 g/mol. The van der Waals surface area contributed by atoms with Gasteiger partial charge >= 0.3 is 0 Å². The van der Waals surface area contributed by atoms with Gasteiger partial charge < -0.3 is 0 Å². The predicted molar refractivity (Wildman–Crippen MR) is 49.0 cm³/mol. The number of halogens is 2. The molecular formula is C8H16Cl2. The summed E-state index contributed by atoms with van der Waals surface area (Å²) in [5.41, 5.74) is 0. The Hall–Kier alpha value is 0.580. The zero-order chi connectivity index (χ0) is 8.36. The Labute approximate surface area is 73.9 Å². The van der Waals surface area contributed by atoms with Gasteiger partial charge in [-0.3, -0.25) is 0 Å². The predicted octanol–water partition coefficient (Wildman–Crippen LogP) is 3.66. The van der Waals surface area contributed by atoms with E-state index in [1.165, 1.54) is 0 Å². The number of rotatable bonds is 3. The molecule has 0 N–H and O–H groups in total. The fraction of sp³-hybridized carbons (Fsp3) is 1.00. The molecule has 0 aliphatic carbocycles. The molecule has 2 atom stereocenters. The Morgan fingerprint density at radius 2 is 1.80 bits per heavy atom. The number of alkyl halides is 2. The lowest BCUT2D eigenvalue weighted by Gasteiger charge is -2.27. The van der Waals surface area contributed by atoms with Crippen molar-refractivity contribution in [1.29, 1.82) is 0 Å². The summed E-state index contributed by atoms with van der Waals surface area (Å²) in [5.74, 6) is 0.495. The molecule has 0 fully saturated rings. The van der Waals surface area contributed by atoms with E-state index in [1.807, 2.05) is 13.8 Å². The van der Waals surface area contributed by atoms with Gasteiger partial charge in [-0.05, 0) is 19.8 Å². The van der Waals surface area contributed by atoms with Crippen molar-refractivity contribution in [2.75, 3.05) is 0 Å². The molecule has 0 aromatic heterocycles. The highest BCUT2D eigenvalue weighted by molar-refractivity contribution is 6.32. The Kier molecular flexibility index (Phi) is 4.05. The first-order chi connectivity index (χ1) is 4.39. The van der Waals surface area contributed by atoms with Crippen LogP contribution in [0.3, 0.4) is 0 Å². The Morgan fingerprint density at radius 1 is 1.40 bits per heavy atom. The zero-order valence-corrected chi connectivity index (χ0v) is 8.63. The third-order valence-electron chi connectivity index (χ3n) is 1.80. The lowest BCUT2D eigenvalue weighted by atomic mass is 9.95. The van der Waals surface area contributed by atoms with Crippen molar-refractivity contribution < 1.29 is 0 Å². The average Bonchev–Trinajstić information content (AvgIpc) is 1.83. The molecule has 0 radical (unpaired) electrons. The summed E-state index contributed by atoms with van der Waals surface area (Å²) in [6.45, 7) is 8.17. The molecule has 0 aliphatic heterocycles. The van der Waals surface area contributed by atoms with Gasteiger partial charge in [0.1, 0.15) is 0 Å². The van der Waals surface area contributed by atoms with E-state index in [0.717, 1.165) is 6.42 Å². The quantitative estimate of drug-likeness (QED) is 0.585. The van der Waals surface area contributed by atoms with E-state index in [0.29, 0.717) is 5.92 Å². The molecule has 2 heteroatoms. The molecule has 0 aliphatic rings. The maximum atomic E-state index is 6.08. The molecule has 0 rings (SSSR count). The fourth-order valence-corrected chi connectivity index (χ4v) is 1.28. The third-order valence-corrected chi connectivity index (χ3v) is 3.12. The van der Waals surface area contributed by atoms with Crippen LogP contribution >= 0.6 is 23.2 Å². The van der Waals surface area contributed by atoms with Crippen LogP contribution < -0.4 is 0 Å². The summed E-state index contributed by atoms with van der Waals surface area (Å²) in [7, 11) is 0. The molecule has 62 valence electrons. The first-order valence-electron chi connectivity index (χ1n) is 3.72. The molecule has 10 heavy (non-hydrogen) atoms. The van der Waals surface area contributed by atoms with Crippen LogP contribution in [0.2, 0.25) is 0 Å². The molecule has 0 bridgehead atoms. The second-order valence-corrected chi connectivity index (χ2v) is 4.80. The first-order valence-corrected chi connectivity index (χ1v) is 4.54. The minimum atomic E-state index is -0.281. The highest BCUT2D eigenvalue weighted by atomic mass is 35.5. The van der Waals surface area contributed by atoms with Crippen molar-refractivity contribution in [1.82, 2.24) is 0 Å². The van der Waals surface area contributed by atoms with Gasteiger partial charge in [0.2, 0.25) is 0 Å². The molecule has 0 saturated heterocycles. The van der Waals surface area contributed by atoms with Gasteiger partial charge in [0, 0.05) is 0 Å². The Bertz CT molecular complexity index is 93.9. The summed E-state index contributed by atoms with van der Waals surface area (Å²) in [6.07, 6.45) is 1.09. The molecule has 0 aromatic rings. The van der Waals surface area contributed by atoms with Crippen LogP contribution in [0.15, 0.2) is 0 Å². The maximum Gasteiger partial charge on any atom is 0.0556 e. The van der Waals surface area contributed by atoms with E-state index in [4.69, 9.17) is 23.2 Å². The van der Waals surface area contributed by atoms with Crippen LogP contribution in [0.4, 0.5) is 0 Å². The van der Waals surface area contributed by atoms with Crippen LogP contribution in [0.5, 0.6) is 0 Å². The fourth-order valence-electron chi connectivity index (χ4n) is 0.884. The topological polar surface area (TPSA) is 0 Å². The summed E-state index contributed by atoms with van der Waals surface area (Å²) < 4.78 is 0. The maximum absolute atomic E-state index is 6.08. The van der Waals surface area contributed by atoms with Crippen molar-refractivity contribution in [2.45, 2.75) is 44.4 Å². The highest BCUT2D eigenvalue weighted by Gasteiger charge is 2.28. The average molecular weight is 183 g/mol. The molecule has 0 heterocycles. The summed E-state index contributed by atoms with van der Waals surface area (Å²) in [5, 5.41) is 0.0687. The van der Waals surface area contributed by atoms with Gasteiger partial charge in [0.25, 0.3) is 0 Å². The van der Waals surface area contributed by atoms with E-state index in [1.54, 1.807) is 0 Å². The van der Waals surface area contributed by atoms with Crippen molar-refractivity contribution in [2.24, 2.45) is 5.92 Å². The van der Waals surface area contributed by atoms with Crippen LogP contribution in [-0.2, 0) is 0 Å². The normalized spacial score (nSPS) is 18.6. The van der Waals surface area contributed by atoms with Crippen LogP contribution in [-0.4, -0.2) is 10.3 Å². The summed E-state index contributed by atoms with van der Waals surface area (Å²) in [4.78, 5) is -0.281. The van der Waals surface area contributed by atoms with Gasteiger partial charge in [-0.1, -0.05) is 20.3 Å². The van der Waals surface area contributed by atoms with E-state index in [2.05, 4.69) is 13.8 Å². The minimum absolute atomic E-state index is 0.0687. The van der Waals surface area contributed by atoms with Crippen LogP contribution in [0.25, 0.3) is 0 Å². The number of hydrogen-bond acceptors (Lipinski definition) is 0. The van der Waals surface area contributed by atoms with Crippen molar-refractivity contribution in [3.63, 3.8) is 0 Å². The molecule has 2 unspecified atom stereocenters. The van der Waals surface area contributed by atoms with Crippen molar-refractivity contribution in [3.8, 4) is 0 Å². The largest absolute Gasteiger partial charge is 0.121 e. The van der Waals surface area contributed by atoms with E-state index in [9.17, 15) is 0 Å². The molecule has 0 saturated carbocycles. The molecule has 0 spiro atoms. The van der Waals surface area contributed by atoms with Crippen LogP contribution in [0.1, 0.15) is 34.1 Å². The van der Waals surface area contributed by atoms with Gasteiger partial charge in [-0.2, -0.15) is 0 Å². The smallest absolute Gasteiger partial charge is 0.0556 e. The Morgan fingerprint density at radius 3 is 1.90 bits per heavy atom. The number of hydrogen-bond donors (Lipinski definition) is 0. The molecule has 0 nitrogen and oxygen atoms in total. The highest BCUT2D eigenvalue weighted by Crippen LogP contribution is 2.30. The van der Waals surface area contributed by atoms with Gasteiger partial charge in [0.05, 0.1) is 10.3 Å². The van der Waals surface area contributed by atoms with Gasteiger partial charge in [0.15, 0.2) is 0 Å². The molecule has 0 aromatic carbocycles. The van der Waals surface area contributed by atoms with E-state index >= 15 is 0 Å². The Balaban J connectivity index is 3.94. The van der Waals surface area contributed by atoms with Gasteiger partial charge in [-0.25, -0.2) is 0 Å². The SMILES string of the molecule is CCC(C)C(Cl)C(C)(C)Cl. The van der Waals surface area contributed by atoms with Crippen molar-refractivity contribution in [3.05, 3.63) is 0 Å². The molecule has 0 amide bonds. The lowest BCUT2D eigenvalue weighted by Crippen LogP contribution is -2.30. The van der Waals surface area contributed by atoms with E-state index in [-0.39, 0.29) is 10.3 Å². The van der Waals surface area contributed by atoms with Crippen molar-refractivity contribution >= 4 is 23.2 Å². The second-order valence-electron chi connectivity index (χ2n) is 3.35. The van der Waals surface area contributed by atoms with E-state index < -0.39 is 0 Å². The zero-order valence-electron chi connectivity index (χ0n) is 7.12. The first kappa shape index (κ1) is 10.6. The lowest BCUT2D eigenvalue weighted by molar-refractivity contribution is 0.459. The minimum Gasteiger partial charge on any atom is -0.121 e. The monoisotopic (exact) mass is 182 g/mol. The third kappa shape index (κ3) is 3.12.